The number of hydrogen-bond acceptors (Lipinski definition) is 5. The Kier molecular flexibility index (Phi) is 4.56. The summed E-state index contributed by atoms with van der Waals surface area (Å²) in [4.78, 5) is 12.1. The number of nitro benzene ring substituents is 1. The number of benzene rings is 1. The molecular weight excluding hydrogens is 294 g/mol. The maximum absolute atomic E-state index is 12.0. The number of nitrogens with zero attached hydrogens (tertiary/aromatic N) is 2. The molecular formula is C13H17N3O4S. The summed E-state index contributed by atoms with van der Waals surface area (Å²) in [5, 5.41) is 14.5. The minimum atomic E-state index is -3.78. The number of non-ortho nitro benzene ring substituents is 1. The van der Waals surface area contributed by atoms with Crippen molar-refractivity contribution in [2.24, 2.45) is 11.0 Å². The number of hydrazone groups is 1. The van der Waals surface area contributed by atoms with Crippen LogP contribution in [0, 0.1) is 16.0 Å². The fraction of sp³-hybridized carbons (Fsp3) is 0.462. The van der Waals surface area contributed by atoms with Gasteiger partial charge in [0.05, 0.1) is 9.82 Å². The van der Waals surface area contributed by atoms with Gasteiger partial charge in [0.2, 0.25) is 0 Å². The molecule has 1 saturated carbocycles. The van der Waals surface area contributed by atoms with Gasteiger partial charge in [0.15, 0.2) is 0 Å². The Balaban J connectivity index is 2.08. The molecule has 0 saturated heterocycles. The van der Waals surface area contributed by atoms with Crippen LogP contribution in [0.4, 0.5) is 5.69 Å². The molecule has 0 spiro atoms. The van der Waals surface area contributed by atoms with Crippen LogP contribution in [0.3, 0.4) is 0 Å². The Morgan fingerprint density at radius 1 is 1.24 bits per heavy atom. The molecule has 1 aromatic carbocycles. The van der Waals surface area contributed by atoms with Crippen molar-refractivity contribution in [2.75, 3.05) is 0 Å². The number of hydrogen-bond donors (Lipinski definition) is 1. The van der Waals surface area contributed by atoms with E-state index in [-0.39, 0.29) is 10.6 Å². The van der Waals surface area contributed by atoms with Crippen LogP contribution in [0.15, 0.2) is 34.3 Å². The first-order valence-corrected chi connectivity index (χ1v) is 8.18. The Labute approximate surface area is 123 Å². The van der Waals surface area contributed by atoms with Gasteiger partial charge >= 0.3 is 0 Å². The summed E-state index contributed by atoms with van der Waals surface area (Å²) >= 11 is 0. The normalized spacial score (nSPS) is 19.1. The zero-order chi connectivity index (χ0) is 15.5. The molecule has 0 unspecified atom stereocenters. The number of nitro groups is 1. The predicted octanol–water partition coefficient (Wildman–Crippen LogP) is 2.44. The average Bonchev–Trinajstić information content (AvgIpc) is 2.47. The van der Waals surface area contributed by atoms with Crippen molar-refractivity contribution < 1.29 is 13.3 Å². The van der Waals surface area contributed by atoms with E-state index in [0.717, 1.165) is 43.5 Å². The Bertz CT molecular complexity index is 642. The highest BCUT2D eigenvalue weighted by Gasteiger charge is 2.17. The summed E-state index contributed by atoms with van der Waals surface area (Å²) in [6.07, 6.45) is 3.62. The predicted molar refractivity (Wildman–Crippen MR) is 78.5 cm³/mol. The van der Waals surface area contributed by atoms with E-state index in [1.807, 2.05) is 0 Å². The minimum Gasteiger partial charge on any atom is -0.258 e. The van der Waals surface area contributed by atoms with E-state index in [1.54, 1.807) is 0 Å². The second kappa shape index (κ2) is 6.21. The van der Waals surface area contributed by atoms with Crippen molar-refractivity contribution in [1.82, 2.24) is 4.83 Å². The van der Waals surface area contributed by atoms with Crippen LogP contribution in [0.25, 0.3) is 0 Å². The number of rotatable bonds is 4. The van der Waals surface area contributed by atoms with Gasteiger partial charge in [0, 0.05) is 17.8 Å². The van der Waals surface area contributed by atoms with Crippen LogP contribution in [-0.2, 0) is 10.0 Å². The molecule has 8 heteroatoms. The largest absolute Gasteiger partial charge is 0.276 e. The molecule has 0 aliphatic heterocycles. The maximum atomic E-state index is 12.0. The molecule has 1 aliphatic carbocycles. The molecule has 0 heterocycles. The van der Waals surface area contributed by atoms with E-state index in [2.05, 4.69) is 16.9 Å². The van der Waals surface area contributed by atoms with Crippen molar-refractivity contribution in [1.29, 1.82) is 0 Å². The lowest BCUT2D eigenvalue weighted by molar-refractivity contribution is -0.384. The molecule has 1 fully saturated rings. The standard InChI is InChI=1S/C13H17N3O4S/c1-10-2-4-11(5-3-10)14-15-21(19,20)13-8-6-12(7-9-13)16(17)18/h6-10,15H,2-5H2,1H3. The fourth-order valence-corrected chi connectivity index (χ4v) is 2.98. The lowest BCUT2D eigenvalue weighted by atomic mass is 9.90. The highest BCUT2D eigenvalue weighted by atomic mass is 32.2. The lowest BCUT2D eigenvalue weighted by Gasteiger charge is -2.18. The van der Waals surface area contributed by atoms with Crippen molar-refractivity contribution in [2.45, 2.75) is 37.5 Å². The molecule has 0 atom stereocenters. The molecule has 0 bridgehead atoms. The summed E-state index contributed by atoms with van der Waals surface area (Å²) in [6, 6.07) is 4.71. The highest BCUT2D eigenvalue weighted by Crippen LogP contribution is 2.21. The van der Waals surface area contributed by atoms with Crippen LogP contribution in [-0.4, -0.2) is 19.1 Å². The minimum absolute atomic E-state index is 0.0402. The highest BCUT2D eigenvalue weighted by molar-refractivity contribution is 7.89. The molecule has 1 aliphatic rings. The maximum Gasteiger partial charge on any atom is 0.276 e. The first-order chi connectivity index (χ1) is 9.88. The quantitative estimate of drug-likeness (QED) is 0.681. The fourth-order valence-electron chi connectivity index (χ4n) is 2.13. The SMILES string of the molecule is CC1CCC(=NNS(=O)(=O)c2ccc([N+](=O)[O-])cc2)CC1. The van der Waals surface area contributed by atoms with E-state index in [1.165, 1.54) is 12.1 Å². The average molecular weight is 311 g/mol. The van der Waals surface area contributed by atoms with Gasteiger partial charge in [0.1, 0.15) is 0 Å². The first-order valence-electron chi connectivity index (χ1n) is 6.70. The van der Waals surface area contributed by atoms with E-state index in [4.69, 9.17) is 0 Å². The third kappa shape index (κ3) is 4.01. The molecule has 0 aromatic heterocycles. The molecule has 1 N–H and O–H groups in total. The van der Waals surface area contributed by atoms with E-state index in [0.29, 0.717) is 5.92 Å². The van der Waals surface area contributed by atoms with Crippen molar-refractivity contribution in [3.63, 3.8) is 0 Å². The number of nitrogens with one attached hydrogen (secondary N) is 1. The molecule has 1 aromatic rings. The van der Waals surface area contributed by atoms with Crippen molar-refractivity contribution >= 4 is 21.4 Å². The van der Waals surface area contributed by atoms with Gasteiger partial charge in [-0.05, 0) is 43.7 Å². The van der Waals surface area contributed by atoms with Crippen molar-refractivity contribution in [3.8, 4) is 0 Å². The van der Waals surface area contributed by atoms with Crippen LogP contribution >= 0.6 is 0 Å². The van der Waals surface area contributed by atoms with Crippen LogP contribution in [0.5, 0.6) is 0 Å². The molecule has 0 amide bonds. The van der Waals surface area contributed by atoms with Crippen LogP contribution in [0.1, 0.15) is 32.6 Å². The molecule has 0 radical (unpaired) electrons. The third-order valence-corrected chi connectivity index (χ3v) is 4.76. The van der Waals surface area contributed by atoms with Crippen LogP contribution in [0.2, 0.25) is 0 Å². The lowest BCUT2D eigenvalue weighted by Crippen LogP contribution is -2.22. The first kappa shape index (κ1) is 15.4. The Morgan fingerprint density at radius 2 is 1.81 bits per heavy atom. The monoisotopic (exact) mass is 311 g/mol. The second-order valence-electron chi connectivity index (χ2n) is 5.21. The van der Waals surface area contributed by atoms with Gasteiger partial charge in [-0.3, -0.25) is 10.1 Å². The number of sulfonamides is 1. The topological polar surface area (TPSA) is 102 Å². The van der Waals surface area contributed by atoms with E-state index < -0.39 is 14.9 Å². The zero-order valence-corrected chi connectivity index (χ0v) is 12.5. The molecule has 2 rings (SSSR count). The molecule has 21 heavy (non-hydrogen) atoms. The third-order valence-electron chi connectivity index (χ3n) is 3.53. The summed E-state index contributed by atoms with van der Waals surface area (Å²) in [5.41, 5.74) is 0.695. The van der Waals surface area contributed by atoms with E-state index in [9.17, 15) is 18.5 Å². The molecule has 114 valence electrons. The Hall–Kier alpha value is -1.96. The Morgan fingerprint density at radius 3 is 2.33 bits per heavy atom. The van der Waals surface area contributed by atoms with Gasteiger partial charge < -0.3 is 0 Å². The zero-order valence-electron chi connectivity index (χ0n) is 11.7. The van der Waals surface area contributed by atoms with Gasteiger partial charge in [-0.1, -0.05) is 6.92 Å². The van der Waals surface area contributed by atoms with Crippen LogP contribution < -0.4 is 4.83 Å². The molecule has 7 nitrogen and oxygen atoms in total. The van der Waals surface area contributed by atoms with Crippen molar-refractivity contribution in [3.05, 3.63) is 34.4 Å². The second-order valence-corrected chi connectivity index (χ2v) is 6.87. The van der Waals surface area contributed by atoms with Gasteiger partial charge in [0.25, 0.3) is 15.7 Å². The summed E-state index contributed by atoms with van der Waals surface area (Å²) in [6.45, 7) is 2.16. The summed E-state index contributed by atoms with van der Waals surface area (Å²) in [5.74, 6) is 0.648. The van der Waals surface area contributed by atoms with Gasteiger partial charge in [-0.25, -0.2) is 4.83 Å². The summed E-state index contributed by atoms with van der Waals surface area (Å²) < 4.78 is 24.1. The summed E-state index contributed by atoms with van der Waals surface area (Å²) in [7, 11) is -3.78. The van der Waals surface area contributed by atoms with Gasteiger partial charge in [-0.2, -0.15) is 13.5 Å². The van der Waals surface area contributed by atoms with E-state index >= 15 is 0 Å². The van der Waals surface area contributed by atoms with Gasteiger partial charge in [-0.15, -0.1) is 0 Å². The smallest absolute Gasteiger partial charge is 0.258 e.